The topological polar surface area (TPSA) is 48.7 Å². The largest absolute Gasteiger partial charge is 0.495 e. The molecule has 0 saturated carbocycles. The summed E-state index contributed by atoms with van der Waals surface area (Å²) >= 11 is 0. The van der Waals surface area contributed by atoms with Crippen molar-refractivity contribution in [3.05, 3.63) is 109 Å². The van der Waals surface area contributed by atoms with Crippen molar-refractivity contribution in [2.75, 3.05) is 0 Å². The molecule has 4 aromatic carbocycles. The van der Waals surface area contributed by atoms with E-state index in [0.717, 1.165) is 44.3 Å². The predicted octanol–water partition coefficient (Wildman–Crippen LogP) is 7.18. The first-order valence-corrected chi connectivity index (χ1v) is 13.7. The number of hydrogen-bond donors (Lipinski definition) is 0. The first kappa shape index (κ1) is 24.8. The minimum Gasteiger partial charge on any atom is -0.399 e. The maximum atomic E-state index is 6.39. The zero-order chi connectivity index (χ0) is 27.5. The lowest BCUT2D eigenvalue weighted by Gasteiger charge is -2.32. The number of nitrogens with zero attached hydrogens (tertiary/aromatic N) is 3. The molecule has 0 unspecified atom stereocenters. The zero-order valence-corrected chi connectivity index (χ0v) is 23.1. The highest BCUT2D eigenvalue weighted by Gasteiger charge is 2.52. The fourth-order valence-electron chi connectivity index (χ4n) is 5.42. The second kappa shape index (κ2) is 9.15. The second-order valence-electron chi connectivity index (χ2n) is 11.4. The molecule has 0 radical (unpaired) electrons. The molecule has 0 atom stereocenters. The Morgan fingerprint density at radius 1 is 0.600 bits per heavy atom. The van der Waals surface area contributed by atoms with Gasteiger partial charge in [0.1, 0.15) is 0 Å². The third-order valence-electron chi connectivity index (χ3n) is 8.37. The average Bonchev–Trinajstić information content (AvgIpc) is 3.50. The molecular formula is C34H30BN3O2. The lowest BCUT2D eigenvalue weighted by molar-refractivity contribution is 0.00578. The molecule has 196 valence electrons. The summed E-state index contributed by atoms with van der Waals surface area (Å²) < 4.78 is 14.6. The number of aromatic nitrogens is 3. The molecule has 3 heterocycles. The summed E-state index contributed by atoms with van der Waals surface area (Å²) in [4.78, 5) is 4.91. The van der Waals surface area contributed by atoms with Crippen molar-refractivity contribution in [1.29, 1.82) is 0 Å². The number of fused-ring (bicyclic) bond motifs is 2. The van der Waals surface area contributed by atoms with Crippen molar-refractivity contribution < 1.29 is 9.31 Å². The Balaban J connectivity index is 1.24. The van der Waals surface area contributed by atoms with Crippen LogP contribution < -0.4 is 5.46 Å². The molecule has 2 aromatic heterocycles. The minimum absolute atomic E-state index is 0.388. The number of pyridine rings is 1. The summed E-state index contributed by atoms with van der Waals surface area (Å²) in [6.45, 7) is 8.36. The van der Waals surface area contributed by atoms with Gasteiger partial charge in [0.05, 0.1) is 11.2 Å². The Bertz CT molecular complexity index is 1840. The van der Waals surface area contributed by atoms with Crippen LogP contribution in [0.25, 0.3) is 50.1 Å². The highest BCUT2D eigenvalue weighted by Crippen LogP contribution is 2.38. The Morgan fingerprint density at radius 2 is 1.23 bits per heavy atom. The van der Waals surface area contributed by atoms with E-state index in [1.165, 1.54) is 5.39 Å². The molecule has 6 aromatic rings. The molecule has 5 nitrogen and oxygen atoms in total. The number of hydrogen-bond acceptors (Lipinski definition) is 4. The molecule has 7 rings (SSSR count). The molecule has 1 aliphatic rings. The van der Waals surface area contributed by atoms with Crippen LogP contribution in [-0.4, -0.2) is 32.9 Å². The molecule has 40 heavy (non-hydrogen) atoms. The smallest absolute Gasteiger partial charge is 0.399 e. The van der Waals surface area contributed by atoms with Gasteiger partial charge in [-0.2, -0.15) is 0 Å². The SMILES string of the molecule is CC1(C)OB(c2ccc(-c3ccc(-c4nc5c(-c6ccccc6)cccn5n4)cc3)c3ccccc23)OC1(C)C. The lowest BCUT2D eigenvalue weighted by Crippen LogP contribution is -2.41. The molecule has 0 aliphatic carbocycles. The highest BCUT2D eigenvalue weighted by molar-refractivity contribution is 6.65. The van der Waals surface area contributed by atoms with Crippen molar-refractivity contribution in [2.24, 2.45) is 0 Å². The van der Waals surface area contributed by atoms with Gasteiger partial charge in [-0.15, -0.1) is 5.10 Å². The third-order valence-corrected chi connectivity index (χ3v) is 8.37. The maximum absolute atomic E-state index is 6.39. The standard InChI is InChI=1S/C34H30BN3O2/c1-33(2)34(3,4)40-35(39-33)30-21-20-26(28-13-8-9-14-29(28)30)24-16-18-25(19-17-24)31-36-32-27(15-10-22-38(32)37-31)23-11-6-5-7-12-23/h5-22H,1-4H3. The monoisotopic (exact) mass is 523 g/mol. The molecule has 1 fully saturated rings. The highest BCUT2D eigenvalue weighted by atomic mass is 16.7. The van der Waals surface area contributed by atoms with Gasteiger partial charge in [0, 0.05) is 17.3 Å². The van der Waals surface area contributed by atoms with Gasteiger partial charge in [-0.25, -0.2) is 9.50 Å². The first-order chi connectivity index (χ1) is 19.3. The fourth-order valence-corrected chi connectivity index (χ4v) is 5.42. The number of benzene rings is 4. The normalized spacial score (nSPS) is 16.1. The van der Waals surface area contributed by atoms with Crippen LogP contribution >= 0.6 is 0 Å². The molecule has 0 amide bonds. The van der Waals surface area contributed by atoms with Crippen LogP contribution in [0.2, 0.25) is 0 Å². The van der Waals surface area contributed by atoms with Crippen LogP contribution in [0.1, 0.15) is 27.7 Å². The zero-order valence-electron chi connectivity index (χ0n) is 23.1. The summed E-state index contributed by atoms with van der Waals surface area (Å²) in [5, 5.41) is 7.08. The molecule has 0 N–H and O–H groups in total. The van der Waals surface area contributed by atoms with Crippen molar-refractivity contribution in [1.82, 2.24) is 14.6 Å². The van der Waals surface area contributed by atoms with E-state index >= 15 is 0 Å². The first-order valence-electron chi connectivity index (χ1n) is 13.7. The van der Waals surface area contributed by atoms with Crippen LogP contribution in [0, 0.1) is 0 Å². The Hall–Kier alpha value is -4.26. The molecular weight excluding hydrogens is 493 g/mol. The van der Waals surface area contributed by atoms with E-state index in [0.29, 0.717) is 5.82 Å². The van der Waals surface area contributed by atoms with Gasteiger partial charge < -0.3 is 9.31 Å². The van der Waals surface area contributed by atoms with Crippen molar-refractivity contribution >= 4 is 29.0 Å². The van der Waals surface area contributed by atoms with Crippen molar-refractivity contribution in [3.8, 4) is 33.6 Å². The van der Waals surface area contributed by atoms with Gasteiger partial charge in [0.25, 0.3) is 0 Å². The van der Waals surface area contributed by atoms with Gasteiger partial charge in [0.2, 0.25) is 0 Å². The molecule has 0 bridgehead atoms. The lowest BCUT2D eigenvalue weighted by atomic mass is 9.75. The Labute approximate surface area is 234 Å². The maximum Gasteiger partial charge on any atom is 0.495 e. The van der Waals surface area contributed by atoms with E-state index in [4.69, 9.17) is 19.4 Å². The van der Waals surface area contributed by atoms with E-state index in [2.05, 4.69) is 107 Å². The van der Waals surface area contributed by atoms with Gasteiger partial charge >= 0.3 is 7.12 Å². The van der Waals surface area contributed by atoms with E-state index in [1.807, 2.05) is 35.0 Å². The van der Waals surface area contributed by atoms with Gasteiger partial charge in [0.15, 0.2) is 11.5 Å². The summed E-state index contributed by atoms with van der Waals surface area (Å²) in [6, 6.07) is 35.7. The van der Waals surface area contributed by atoms with Crippen LogP contribution in [0.3, 0.4) is 0 Å². The number of rotatable bonds is 4. The predicted molar refractivity (Wildman–Crippen MR) is 163 cm³/mol. The molecule has 1 saturated heterocycles. The van der Waals surface area contributed by atoms with E-state index < -0.39 is 7.12 Å². The Morgan fingerprint density at radius 3 is 1.95 bits per heavy atom. The van der Waals surface area contributed by atoms with E-state index in [1.54, 1.807) is 0 Å². The van der Waals surface area contributed by atoms with E-state index in [-0.39, 0.29) is 11.2 Å². The van der Waals surface area contributed by atoms with Crippen molar-refractivity contribution in [2.45, 2.75) is 38.9 Å². The van der Waals surface area contributed by atoms with Gasteiger partial charge in [-0.3, -0.25) is 0 Å². The molecule has 6 heteroatoms. The van der Waals surface area contributed by atoms with E-state index in [9.17, 15) is 0 Å². The third kappa shape index (κ3) is 4.03. The average molecular weight is 523 g/mol. The minimum atomic E-state index is -0.409. The summed E-state index contributed by atoms with van der Waals surface area (Å²) in [7, 11) is -0.409. The summed E-state index contributed by atoms with van der Waals surface area (Å²) in [5.41, 5.74) is 6.58. The van der Waals surface area contributed by atoms with Crippen LogP contribution in [0.15, 0.2) is 109 Å². The quantitative estimate of drug-likeness (QED) is 0.230. The Kier molecular flexibility index (Phi) is 5.67. The van der Waals surface area contributed by atoms with Crippen LogP contribution in [-0.2, 0) is 9.31 Å². The van der Waals surface area contributed by atoms with Crippen molar-refractivity contribution in [3.63, 3.8) is 0 Å². The molecule has 0 spiro atoms. The van der Waals surface area contributed by atoms with Gasteiger partial charge in [-0.1, -0.05) is 91.0 Å². The second-order valence-corrected chi connectivity index (χ2v) is 11.4. The van der Waals surface area contributed by atoms with Crippen LogP contribution in [0.4, 0.5) is 0 Å². The summed E-state index contributed by atoms with van der Waals surface area (Å²) in [6.07, 6.45) is 1.94. The van der Waals surface area contributed by atoms with Crippen LogP contribution in [0.5, 0.6) is 0 Å². The summed E-state index contributed by atoms with van der Waals surface area (Å²) in [5.74, 6) is 0.705. The molecule has 1 aliphatic heterocycles. The fraction of sp³-hybridized carbons (Fsp3) is 0.176. The van der Waals surface area contributed by atoms with Gasteiger partial charge in [-0.05, 0) is 72.8 Å².